The highest BCUT2D eigenvalue weighted by atomic mass is 15.1. The molecule has 2 aliphatic rings. The van der Waals surface area contributed by atoms with Crippen LogP contribution in [0.5, 0.6) is 0 Å². The molecular formula is C15H22N2. The Balaban J connectivity index is 1.52. The fourth-order valence-electron chi connectivity index (χ4n) is 2.82. The average molecular weight is 230 g/mol. The second-order valence-corrected chi connectivity index (χ2v) is 5.66. The van der Waals surface area contributed by atoms with Gasteiger partial charge in [0.25, 0.3) is 0 Å². The summed E-state index contributed by atoms with van der Waals surface area (Å²) in [6.07, 6.45) is 4.20. The Hall–Kier alpha value is -1.02. The van der Waals surface area contributed by atoms with Crippen LogP contribution in [0.15, 0.2) is 24.3 Å². The summed E-state index contributed by atoms with van der Waals surface area (Å²) in [4.78, 5) is 2.51. The van der Waals surface area contributed by atoms with E-state index in [-0.39, 0.29) is 0 Å². The lowest BCUT2D eigenvalue weighted by Gasteiger charge is -2.18. The molecule has 1 N–H and O–H groups in total. The van der Waals surface area contributed by atoms with Crippen LogP contribution in [-0.2, 0) is 0 Å². The Morgan fingerprint density at radius 3 is 2.94 bits per heavy atom. The lowest BCUT2D eigenvalue weighted by Crippen LogP contribution is -2.24. The molecule has 0 bridgehead atoms. The van der Waals surface area contributed by atoms with Gasteiger partial charge in [-0.15, -0.1) is 0 Å². The minimum Gasteiger partial charge on any atom is -0.384 e. The van der Waals surface area contributed by atoms with Gasteiger partial charge in [-0.25, -0.2) is 0 Å². The molecule has 0 amide bonds. The molecule has 3 rings (SSSR count). The van der Waals surface area contributed by atoms with Gasteiger partial charge in [-0.1, -0.05) is 18.2 Å². The van der Waals surface area contributed by atoms with Gasteiger partial charge in [0.1, 0.15) is 0 Å². The van der Waals surface area contributed by atoms with E-state index in [0.717, 1.165) is 12.5 Å². The number of nitrogens with one attached hydrogen (secondary N) is 1. The van der Waals surface area contributed by atoms with Crippen molar-refractivity contribution in [3.63, 3.8) is 0 Å². The molecule has 1 unspecified atom stereocenters. The fraction of sp³-hybridized carbons (Fsp3) is 0.600. The molecule has 1 aliphatic heterocycles. The number of hydrogen-bond donors (Lipinski definition) is 1. The van der Waals surface area contributed by atoms with Gasteiger partial charge < -0.3 is 10.2 Å². The van der Waals surface area contributed by atoms with Crippen LogP contribution in [0.1, 0.15) is 30.7 Å². The summed E-state index contributed by atoms with van der Waals surface area (Å²) >= 11 is 0. The maximum absolute atomic E-state index is 3.51. The summed E-state index contributed by atoms with van der Waals surface area (Å²) in [5.41, 5.74) is 2.87. The van der Waals surface area contributed by atoms with Crippen LogP contribution < -0.4 is 5.32 Å². The largest absolute Gasteiger partial charge is 0.384 e. The molecule has 0 radical (unpaired) electrons. The van der Waals surface area contributed by atoms with E-state index in [1.54, 1.807) is 0 Å². The Kier molecular flexibility index (Phi) is 3.06. The van der Waals surface area contributed by atoms with Crippen molar-refractivity contribution in [1.82, 2.24) is 4.90 Å². The van der Waals surface area contributed by atoms with Crippen molar-refractivity contribution in [2.75, 3.05) is 32.0 Å². The number of benzene rings is 1. The summed E-state index contributed by atoms with van der Waals surface area (Å²) < 4.78 is 0. The summed E-state index contributed by atoms with van der Waals surface area (Å²) in [5, 5.41) is 3.51. The first-order valence-corrected chi connectivity index (χ1v) is 6.84. The third kappa shape index (κ3) is 2.63. The highest BCUT2D eigenvalue weighted by Crippen LogP contribution is 2.34. The van der Waals surface area contributed by atoms with Gasteiger partial charge in [0, 0.05) is 24.7 Å². The van der Waals surface area contributed by atoms with Gasteiger partial charge in [0.15, 0.2) is 0 Å². The molecule has 1 heterocycles. The van der Waals surface area contributed by atoms with Crippen LogP contribution in [0, 0.1) is 5.92 Å². The minimum atomic E-state index is 0.716. The average Bonchev–Trinajstić information content (AvgIpc) is 3.06. The second-order valence-electron chi connectivity index (χ2n) is 5.66. The number of nitrogens with zero attached hydrogens (tertiary/aromatic N) is 1. The fourth-order valence-corrected chi connectivity index (χ4v) is 2.82. The van der Waals surface area contributed by atoms with E-state index >= 15 is 0 Å². The zero-order valence-electron chi connectivity index (χ0n) is 10.7. The molecular weight excluding hydrogens is 208 g/mol. The first-order chi connectivity index (χ1) is 8.33. The molecule has 1 aromatic rings. The third-order valence-electron chi connectivity index (χ3n) is 4.07. The Morgan fingerprint density at radius 2 is 2.12 bits per heavy atom. The SMILES string of the molecule is CN(CCC1CNc2ccccc21)CC1CC1. The molecule has 2 nitrogen and oxygen atoms in total. The van der Waals surface area contributed by atoms with Crippen LogP contribution in [0.25, 0.3) is 0 Å². The van der Waals surface area contributed by atoms with Crippen LogP contribution in [-0.4, -0.2) is 31.6 Å². The first-order valence-electron chi connectivity index (χ1n) is 6.84. The van der Waals surface area contributed by atoms with Crippen molar-refractivity contribution < 1.29 is 0 Å². The van der Waals surface area contributed by atoms with Crippen molar-refractivity contribution in [2.45, 2.75) is 25.2 Å². The molecule has 0 spiro atoms. The predicted molar refractivity (Wildman–Crippen MR) is 72.5 cm³/mol. The van der Waals surface area contributed by atoms with Crippen molar-refractivity contribution in [3.8, 4) is 0 Å². The summed E-state index contributed by atoms with van der Waals surface area (Å²) in [7, 11) is 2.27. The molecule has 1 fully saturated rings. The van der Waals surface area contributed by atoms with E-state index in [1.807, 2.05) is 0 Å². The van der Waals surface area contributed by atoms with E-state index in [2.05, 4.69) is 41.5 Å². The molecule has 1 aliphatic carbocycles. The quantitative estimate of drug-likeness (QED) is 0.836. The first kappa shape index (κ1) is 11.1. The van der Waals surface area contributed by atoms with Crippen LogP contribution in [0.2, 0.25) is 0 Å². The predicted octanol–water partition coefficient (Wildman–Crippen LogP) is 2.93. The van der Waals surface area contributed by atoms with Gasteiger partial charge >= 0.3 is 0 Å². The van der Waals surface area contributed by atoms with Gasteiger partial charge in [0.05, 0.1) is 0 Å². The molecule has 17 heavy (non-hydrogen) atoms. The molecule has 1 saturated carbocycles. The van der Waals surface area contributed by atoms with E-state index in [9.17, 15) is 0 Å². The number of para-hydroxylation sites is 1. The van der Waals surface area contributed by atoms with Gasteiger partial charge in [-0.05, 0) is 50.4 Å². The number of anilines is 1. The number of hydrogen-bond acceptors (Lipinski definition) is 2. The third-order valence-corrected chi connectivity index (χ3v) is 4.07. The van der Waals surface area contributed by atoms with Crippen LogP contribution >= 0.6 is 0 Å². The van der Waals surface area contributed by atoms with Gasteiger partial charge in [0.2, 0.25) is 0 Å². The van der Waals surface area contributed by atoms with Crippen molar-refractivity contribution in [1.29, 1.82) is 0 Å². The van der Waals surface area contributed by atoms with Crippen LogP contribution in [0.3, 0.4) is 0 Å². The maximum atomic E-state index is 3.51. The molecule has 0 saturated heterocycles. The normalized spacial score (nSPS) is 22.6. The summed E-state index contributed by atoms with van der Waals surface area (Å²) in [6.45, 7) is 3.66. The van der Waals surface area contributed by atoms with Gasteiger partial charge in [-0.2, -0.15) is 0 Å². The monoisotopic (exact) mass is 230 g/mol. The smallest absolute Gasteiger partial charge is 0.0376 e. The minimum absolute atomic E-state index is 0.716. The van der Waals surface area contributed by atoms with Crippen molar-refractivity contribution >= 4 is 5.69 Å². The molecule has 92 valence electrons. The van der Waals surface area contributed by atoms with E-state index in [0.29, 0.717) is 5.92 Å². The lowest BCUT2D eigenvalue weighted by molar-refractivity contribution is 0.308. The molecule has 1 atom stereocenters. The van der Waals surface area contributed by atoms with Gasteiger partial charge in [-0.3, -0.25) is 0 Å². The maximum Gasteiger partial charge on any atom is 0.0376 e. The van der Waals surface area contributed by atoms with Crippen molar-refractivity contribution in [3.05, 3.63) is 29.8 Å². The second kappa shape index (κ2) is 4.69. The Morgan fingerprint density at radius 1 is 1.29 bits per heavy atom. The standard InChI is InChI=1S/C15H22N2/c1-17(11-12-6-7-12)9-8-13-10-16-15-5-3-2-4-14(13)15/h2-5,12-13,16H,6-11H2,1H3. The molecule has 0 aromatic heterocycles. The van der Waals surface area contributed by atoms with E-state index in [1.165, 1.54) is 43.6 Å². The Bertz CT molecular complexity index is 384. The Labute approximate surface area is 104 Å². The number of rotatable bonds is 5. The molecule has 2 heteroatoms. The van der Waals surface area contributed by atoms with Crippen molar-refractivity contribution in [2.24, 2.45) is 5.92 Å². The summed E-state index contributed by atoms with van der Waals surface area (Å²) in [6, 6.07) is 8.75. The van der Waals surface area contributed by atoms with E-state index < -0.39 is 0 Å². The van der Waals surface area contributed by atoms with Crippen LogP contribution in [0.4, 0.5) is 5.69 Å². The highest BCUT2D eigenvalue weighted by Gasteiger charge is 2.24. The highest BCUT2D eigenvalue weighted by molar-refractivity contribution is 5.57. The topological polar surface area (TPSA) is 15.3 Å². The lowest BCUT2D eigenvalue weighted by atomic mass is 9.98. The number of fused-ring (bicyclic) bond motifs is 1. The summed E-state index contributed by atoms with van der Waals surface area (Å²) in [5.74, 6) is 1.72. The van der Waals surface area contributed by atoms with E-state index in [4.69, 9.17) is 0 Å². The zero-order chi connectivity index (χ0) is 11.7. The molecule has 1 aromatic carbocycles. The zero-order valence-corrected chi connectivity index (χ0v) is 10.7.